The van der Waals surface area contributed by atoms with Crippen molar-refractivity contribution in [2.45, 2.75) is 11.8 Å². The molecule has 0 bridgehead atoms. The maximum absolute atomic E-state index is 5.19. The normalized spacial score (nSPS) is 12.4. The molecule has 19 aromatic rings. The lowest BCUT2D eigenvalue weighted by Crippen LogP contribution is -2.25. The molecule has 0 fully saturated rings. The van der Waals surface area contributed by atoms with Gasteiger partial charge in [0.2, 0.25) is 0 Å². The Morgan fingerprint density at radius 3 is 1.04 bits per heavy atom. The molecule has 1 spiro atoms. The van der Waals surface area contributed by atoms with Crippen LogP contribution in [0.15, 0.2) is 400 Å². The summed E-state index contributed by atoms with van der Waals surface area (Å²) >= 11 is 0. The summed E-state index contributed by atoms with van der Waals surface area (Å²) in [4.78, 5) is 10.1. The zero-order valence-electron chi connectivity index (χ0n) is 58.1. The molecule has 15 aromatic carbocycles. The van der Waals surface area contributed by atoms with Gasteiger partial charge in [0.15, 0.2) is 0 Å². The van der Waals surface area contributed by atoms with E-state index in [4.69, 9.17) is 9.97 Å². The van der Waals surface area contributed by atoms with Crippen LogP contribution >= 0.6 is 0 Å². The summed E-state index contributed by atoms with van der Waals surface area (Å²) in [5.41, 5.74) is 36.7. The molecule has 4 heteroatoms. The third-order valence-electron chi connectivity index (χ3n) is 21.9. The minimum absolute atomic E-state index is 0.269. The van der Waals surface area contributed by atoms with Gasteiger partial charge in [-0.05, 0) is 180 Å². The summed E-state index contributed by atoms with van der Waals surface area (Å²) in [5.74, 6) is 0. The number of aromatic nitrogens is 4. The Bertz CT molecular complexity index is 6150. The van der Waals surface area contributed by atoms with Crippen LogP contribution in [0.2, 0.25) is 0 Å². The van der Waals surface area contributed by atoms with Gasteiger partial charge in [0, 0.05) is 55.2 Å². The van der Waals surface area contributed by atoms with Crippen molar-refractivity contribution in [3.63, 3.8) is 0 Å². The summed E-state index contributed by atoms with van der Waals surface area (Å²) in [7, 11) is 0. The molecule has 0 saturated heterocycles. The van der Waals surface area contributed by atoms with Crippen molar-refractivity contribution >= 4 is 43.6 Å². The maximum atomic E-state index is 5.19. The molecule has 0 atom stereocenters. The summed E-state index contributed by atoms with van der Waals surface area (Å²) in [6, 6.07) is 144. The molecule has 0 aliphatic heterocycles. The lowest BCUT2D eigenvalue weighted by molar-refractivity contribution is 0.794. The number of hydrogen-bond acceptors (Lipinski definition) is 2. The fraction of sp³-hybridized carbons (Fsp3) is 0.0196. The van der Waals surface area contributed by atoms with E-state index in [9.17, 15) is 0 Å². The molecule has 3 aliphatic carbocycles. The van der Waals surface area contributed by atoms with Crippen LogP contribution in [0.25, 0.3) is 156 Å². The number of para-hydroxylation sites is 4. The van der Waals surface area contributed by atoms with E-state index in [1.165, 1.54) is 133 Å². The second-order valence-corrected chi connectivity index (χ2v) is 27.8. The van der Waals surface area contributed by atoms with Crippen molar-refractivity contribution in [3.05, 3.63) is 434 Å². The third kappa shape index (κ3) is 10.4. The minimum atomic E-state index is -0.269. The van der Waals surface area contributed by atoms with E-state index in [1.54, 1.807) is 0 Å². The number of nitrogens with zero attached hydrogens (tertiary/aromatic N) is 4. The SMILES string of the molecule is c1cc(-c2cccc(-c3cccc(-n4c5ccccc5c5ccccc54)c3)n2)cc(-n2c3ccccc3c3ccccc32)c1.c1ccc(-c2cc(-c3ccccc3)nc(-c3ccccc3)c2)cc1.c1ccc2c(c1)Cc1ccc(-c3ccc4c(c3)-c3ccccc3C43c4ccccc4-c4ccccc43)cc1-2. The smallest absolute Gasteiger partial charge is 0.0725 e. The monoisotopic (exact) mass is 1350 g/mol. The van der Waals surface area contributed by atoms with E-state index in [0.29, 0.717) is 0 Å². The molecule has 4 nitrogen and oxygen atoms in total. The molecule has 0 saturated carbocycles. The maximum Gasteiger partial charge on any atom is 0.0725 e. The van der Waals surface area contributed by atoms with Gasteiger partial charge in [-0.25, -0.2) is 9.97 Å². The quantitative estimate of drug-likeness (QED) is 0.152. The van der Waals surface area contributed by atoms with Gasteiger partial charge in [-0.1, -0.05) is 315 Å². The third-order valence-corrected chi connectivity index (χ3v) is 21.9. The topological polar surface area (TPSA) is 35.6 Å². The first-order valence-corrected chi connectivity index (χ1v) is 36.6. The molecule has 106 heavy (non-hydrogen) atoms. The van der Waals surface area contributed by atoms with Gasteiger partial charge in [0.05, 0.1) is 50.3 Å². The first-order valence-electron chi connectivity index (χ1n) is 36.6. The van der Waals surface area contributed by atoms with Crippen LogP contribution in [-0.2, 0) is 11.8 Å². The molecule has 22 rings (SSSR count). The van der Waals surface area contributed by atoms with Gasteiger partial charge in [-0.3, -0.25) is 0 Å². The van der Waals surface area contributed by atoms with Crippen LogP contribution in [0.1, 0.15) is 33.4 Å². The predicted octanol–water partition coefficient (Wildman–Crippen LogP) is 26.0. The van der Waals surface area contributed by atoms with Crippen molar-refractivity contribution in [1.29, 1.82) is 0 Å². The summed E-state index contributed by atoms with van der Waals surface area (Å²) in [6.45, 7) is 0. The second-order valence-electron chi connectivity index (χ2n) is 27.8. The van der Waals surface area contributed by atoms with E-state index < -0.39 is 0 Å². The van der Waals surface area contributed by atoms with E-state index in [2.05, 4.69) is 367 Å². The Balaban J connectivity index is 0.000000110. The van der Waals surface area contributed by atoms with Crippen molar-refractivity contribution in [2.24, 2.45) is 0 Å². The molecule has 4 heterocycles. The molecular formula is C102H68N4. The number of benzene rings is 15. The van der Waals surface area contributed by atoms with Crippen LogP contribution in [0.3, 0.4) is 0 Å². The molecule has 0 N–H and O–H groups in total. The van der Waals surface area contributed by atoms with Crippen LogP contribution in [0, 0.1) is 0 Å². The van der Waals surface area contributed by atoms with E-state index in [1.807, 2.05) is 42.5 Å². The van der Waals surface area contributed by atoms with Crippen LogP contribution in [0.4, 0.5) is 0 Å². The molecule has 4 aromatic heterocycles. The number of pyridine rings is 2. The Morgan fingerprint density at radius 2 is 0.547 bits per heavy atom. The summed E-state index contributed by atoms with van der Waals surface area (Å²) in [5, 5.41) is 5.04. The number of hydrogen-bond donors (Lipinski definition) is 0. The molecule has 0 unspecified atom stereocenters. The highest BCUT2D eigenvalue weighted by molar-refractivity contribution is 6.10. The molecular weight excluding hydrogens is 1280 g/mol. The van der Waals surface area contributed by atoms with Gasteiger partial charge in [0.25, 0.3) is 0 Å². The Kier molecular flexibility index (Phi) is 15.2. The van der Waals surface area contributed by atoms with E-state index >= 15 is 0 Å². The Morgan fingerprint density at radius 1 is 0.198 bits per heavy atom. The first kappa shape index (κ1) is 62.0. The molecule has 0 radical (unpaired) electrons. The van der Waals surface area contributed by atoms with Gasteiger partial charge in [-0.2, -0.15) is 0 Å². The lowest BCUT2D eigenvalue weighted by Gasteiger charge is -2.30. The second kappa shape index (κ2) is 25.9. The fourth-order valence-corrected chi connectivity index (χ4v) is 17.2. The largest absolute Gasteiger partial charge is 0.309 e. The van der Waals surface area contributed by atoms with Crippen LogP contribution in [-0.4, -0.2) is 19.1 Å². The number of rotatable bonds is 8. The van der Waals surface area contributed by atoms with E-state index in [-0.39, 0.29) is 5.41 Å². The average molecular weight is 1350 g/mol. The summed E-state index contributed by atoms with van der Waals surface area (Å²) in [6.07, 6.45) is 1.03. The first-order chi connectivity index (χ1) is 52.6. The van der Waals surface area contributed by atoms with Crippen LogP contribution < -0.4 is 0 Å². The molecule has 496 valence electrons. The minimum Gasteiger partial charge on any atom is -0.309 e. The van der Waals surface area contributed by atoms with Crippen molar-refractivity contribution in [2.75, 3.05) is 0 Å². The lowest BCUT2D eigenvalue weighted by atomic mass is 9.70. The van der Waals surface area contributed by atoms with Gasteiger partial charge >= 0.3 is 0 Å². The van der Waals surface area contributed by atoms with E-state index in [0.717, 1.165) is 62.8 Å². The van der Waals surface area contributed by atoms with Gasteiger partial charge in [0.1, 0.15) is 0 Å². The standard InChI is InChI=1S/C41H27N3.C38H24.C23H17N/c1-5-22-38-32(16-1)33-17-2-6-23-39(33)43(38)30-14-9-12-28(26-30)36-20-11-21-37(42-36)29-13-10-15-31(27-29)44-40-24-7-3-18-34(40)35-19-4-8-25-41(35)44;1-2-10-28-26(9-1)21-27-18-17-24(22-32(27)28)25-19-20-37-33(23-25)31-13-5-8-16-36(31)38(37)34-14-6-3-11-29(34)30-12-4-7-15-35(30)38;1-4-10-18(11-5-1)21-16-22(19-12-6-2-7-13-19)24-23(17-21)20-14-8-3-9-15-20/h1-27H;1-20,22-23H,21H2;1-17H. The average Bonchev–Trinajstić information content (AvgIpc) is 1.51. The zero-order chi connectivity index (χ0) is 70.1. The Hall–Kier alpha value is -13.8. The fourth-order valence-electron chi connectivity index (χ4n) is 17.2. The highest BCUT2D eigenvalue weighted by Gasteiger charge is 2.51. The summed E-state index contributed by atoms with van der Waals surface area (Å²) < 4.78 is 4.71. The van der Waals surface area contributed by atoms with Gasteiger partial charge in [-0.15, -0.1) is 0 Å². The van der Waals surface area contributed by atoms with Crippen LogP contribution in [0.5, 0.6) is 0 Å². The van der Waals surface area contributed by atoms with Gasteiger partial charge < -0.3 is 9.13 Å². The highest BCUT2D eigenvalue weighted by atomic mass is 15.0. The molecule has 3 aliphatic rings. The van der Waals surface area contributed by atoms with Crippen molar-refractivity contribution in [1.82, 2.24) is 19.1 Å². The Labute approximate surface area is 616 Å². The zero-order valence-corrected chi connectivity index (χ0v) is 58.1. The predicted molar refractivity (Wildman–Crippen MR) is 441 cm³/mol. The number of fused-ring (bicyclic) bond motifs is 19. The highest BCUT2D eigenvalue weighted by Crippen LogP contribution is 2.63. The molecule has 0 amide bonds. The van der Waals surface area contributed by atoms with Crippen molar-refractivity contribution in [3.8, 4) is 112 Å². The van der Waals surface area contributed by atoms with Crippen molar-refractivity contribution < 1.29 is 0 Å².